The Labute approximate surface area is 254 Å². The Morgan fingerprint density at radius 3 is 2.73 bits per heavy atom. The van der Waals surface area contributed by atoms with Crippen LogP contribution in [0.5, 0.6) is 5.75 Å². The number of aromatic nitrogens is 1. The number of carbonyl (C=O) groups excluding carboxylic acids is 1. The van der Waals surface area contributed by atoms with E-state index >= 15 is 0 Å². The number of fused-ring (bicyclic) bond motifs is 1. The molecule has 0 N–H and O–H groups in total. The van der Waals surface area contributed by atoms with Gasteiger partial charge < -0.3 is 13.9 Å². The van der Waals surface area contributed by atoms with Crippen LogP contribution in [0.1, 0.15) is 49.6 Å². The van der Waals surface area contributed by atoms with Gasteiger partial charge in [0.15, 0.2) is 4.80 Å². The molecular weight excluding hydrogens is 628 g/mol. The van der Waals surface area contributed by atoms with Crippen molar-refractivity contribution in [2.45, 2.75) is 39.7 Å². The number of esters is 1. The van der Waals surface area contributed by atoms with Crippen molar-refractivity contribution in [3.05, 3.63) is 106 Å². The van der Waals surface area contributed by atoms with Gasteiger partial charge in [0, 0.05) is 26.7 Å². The zero-order valence-electron chi connectivity index (χ0n) is 23.0. The molecule has 0 saturated carbocycles. The van der Waals surface area contributed by atoms with Crippen molar-refractivity contribution in [3.8, 4) is 17.1 Å². The molecule has 1 atom stereocenters. The number of nitrogens with zero attached hydrogens (tertiary/aromatic N) is 2. The summed E-state index contributed by atoms with van der Waals surface area (Å²) in [4.78, 5) is 32.8. The summed E-state index contributed by atoms with van der Waals surface area (Å²) < 4.78 is 20.0. The summed E-state index contributed by atoms with van der Waals surface area (Å²) in [7, 11) is 1.56. The quantitative estimate of drug-likeness (QED) is 0.201. The van der Waals surface area contributed by atoms with E-state index in [-0.39, 0.29) is 12.2 Å². The lowest BCUT2D eigenvalue weighted by Gasteiger charge is -2.27. The van der Waals surface area contributed by atoms with E-state index in [0.29, 0.717) is 54.9 Å². The SMILES string of the molecule is CCCC1=C(C(=O)OCC)[C@H](c2cc(Br)ccc2OC)n2c(s/c(=C/c3ccc(-c4cc(Cl)ccc4C)o3)c2=O)=N1. The zero-order valence-corrected chi connectivity index (χ0v) is 26.2. The summed E-state index contributed by atoms with van der Waals surface area (Å²) in [6.45, 7) is 5.95. The molecule has 1 aliphatic heterocycles. The second-order valence-electron chi connectivity index (χ2n) is 9.46. The highest BCUT2D eigenvalue weighted by atomic mass is 79.9. The predicted molar refractivity (Wildman–Crippen MR) is 164 cm³/mol. The molecule has 7 nitrogen and oxygen atoms in total. The maximum atomic E-state index is 14.0. The fourth-order valence-electron chi connectivity index (χ4n) is 4.90. The van der Waals surface area contributed by atoms with E-state index in [9.17, 15) is 9.59 Å². The molecule has 41 heavy (non-hydrogen) atoms. The first-order valence-electron chi connectivity index (χ1n) is 13.2. The summed E-state index contributed by atoms with van der Waals surface area (Å²) in [5.74, 6) is 1.20. The Kier molecular flexibility index (Phi) is 8.68. The molecule has 212 valence electrons. The van der Waals surface area contributed by atoms with Crippen LogP contribution in [0.2, 0.25) is 5.02 Å². The number of hydrogen-bond acceptors (Lipinski definition) is 7. The third kappa shape index (κ3) is 5.71. The fourth-order valence-corrected chi connectivity index (χ4v) is 6.45. The third-order valence-corrected chi connectivity index (χ3v) is 8.46. The lowest BCUT2D eigenvalue weighted by molar-refractivity contribution is -0.139. The number of halogens is 2. The number of hydrogen-bond donors (Lipinski definition) is 0. The smallest absolute Gasteiger partial charge is 0.338 e. The Bertz CT molecular complexity index is 1850. The third-order valence-electron chi connectivity index (χ3n) is 6.74. The largest absolute Gasteiger partial charge is 0.496 e. The maximum absolute atomic E-state index is 14.0. The van der Waals surface area contributed by atoms with E-state index in [0.717, 1.165) is 22.0 Å². The molecule has 4 aromatic rings. The number of thiazole rings is 1. The summed E-state index contributed by atoms with van der Waals surface area (Å²) >= 11 is 11.0. The van der Waals surface area contributed by atoms with Crippen LogP contribution < -0.4 is 19.6 Å². The molecule has 5 rings (SSSR count). The highest BCUT2D eigenvalue weighted by molar-refractivity contribution is 9.10. The minimum Gasteiger partial charge on any atom is -0.496 e. The maximum Gasteiger partial charge on any atom is 0.338 e. The summed E-state index contributed by atoms with van der Waals surface area (Å²) in [5.41, 5.74) is 3.19. The molecule has 0 aliphatic carbocycles. The zero-order chi connectivity index (χ0) is 29.3. The predicted octanol–water partition coefficient (Wildman–Crippen LogP) is 6.57. The van der Waals surface area contributed by atoms with Crippen LogP contribution in [0.25, 0.3) is 17.4 Å². The average molecular weight is 656 g/mol. The first-order valence-corrected chi connectivity index (χ1v) is 15.2. The average Bonchev–Trinajstić information content (AvgIpc) is 3.53. The van der Waals surface area contributed by atoms with Crippen molar-refractivity contribution >= 4 is 50.9 Å². The van der Waals surface area contributed by atoms with Crippen LogP contribution in [0.3, 0.4) is 0 Å². The van der Waals surface area contributed by atoms with E-state index in [1.165, 1.54) is 11.3 Å². The van der Waals surface area contributed by atoms with Gasteiger partial charge in [0.2, 0.25) is 0 Å². The van der Waals surface area contributed by atoms with Crippen molar-refractivity contribution in [1.29, 1.82) is 0 Å². The van der Waals surface area contributed by atoms with Gasteiger partial charge in [-0.3, -0.25) is 9.36 Å². The number of ether oxygens (including phenoxy) is 2. The molecule has 3 heterocycles. The van der Waals surface area contributed by atoms with Gasteiger partial charge in [0.05, 0.1) is 29.5 Å². The van der Waals surface area contributed by atoms with Gasteiger partial charge in [-0.05, 0) is 68.3 Å². The van der Waals surface area contributed by atoms with Crippen LogP contribution in [0.15, 0.2) is 78.5 Å². The highest BCUT2D eigenvalue weighted by Crippen LogP contribution is 2.38. The van der Waals surface area contributed by atoms with E-state index in [4.69, 9.17) is 30.5 Å². The number of aryl methyl sites for hydroxylation is 1. The van der Waals surface area contributed by atoms with E-state index in [2.05, 4.69) is 15.9 Å². The Morgan fingerprint density at radius 1 is 1.20 bits per heavy atom. The van der Waals surface area contributed by atoms with Gasteiger partial charge in [0.25, 0.3) is 5.56 Å². The second kappa shape index (κ2) is 12.2. The minimum absolute atomic E-state index is 0.196. The normalized spacial score (nSPS) is 15.1. The van der Waals surface area contributed by atoms with E-state index in [1.54, 1.807) is 30.7 Å². The second-order valence-corrected chi connectivity index (χ2v) is 11.8. The molecule has 2 aromatic heterocycles. The number of allylic oxidation sites excluding steroid dienone is 1. The monoisotopic (exact) mass is 654 g/mol. The fraction of sp³-hybridized carbons (Fsp3) is 0.258. The first-order chi connectivity index (χ1) is 19.7. The first kappa shape index (κ1) is 29.1. The highest BCUT2D eigenvalue weighted by Gasteiger charge is 2.36. The molecule has 2 aromatic carbocycles. The molecule has 0 fully saturated rings. The van der Waals surface area contributed by atoms with Crippen LogP contribution >= 0.6 is 38.9 Å². The van der Waals surface area contributed by atoms with Crippen molar-refractivity contribution in [2.75, 3.05) is 13.7 Å². The Hall–Kier alpha value is -3.40. The molecule has 0 amide bonds. The van der Waals surface area contributed by atoms with Crippen LogP contribution in [0.4, 0.5) is 0 Å². The van der Waals surface area contributed by atoms with Crippen LogP contribution in [-0.4, -0.2) is 24.3 Å². The standard InChI is InChI=1S/C31H28BrClN2O5S/c1-5-7-23-27(30(37)39-6-2)28(22-14-18(32)9-12-24(22)38-4)35-29(36)26(41-31(35)34-23)16-20-11-13-25(40-20)21-15-19(33)10-8-17(21)3/h8-16,28H,5-7H2,1-4H3/b26-16+/t28-/m0/s1. The summed E-state index contributed by atoms with van der Waals surface area (Å²) in [6, 6.07) is 14.0. The molecule has 0 bridgehead atoms. The van der Waals surface area contributed by atoms with Crippen molar-refractivity contribution in [1.82, 2.24) is 4.57 Å². The van der Waals surface area contributed by atoms with Crippen molar-refractivity contribution < 1.29 is 18.7 Å². The minimum atomic E-state index is -0.789. The number of rotatable bonds is 8. The molecule has 0 unspecified atom stereocenters. The summed E-state index contributed by atoms with van der Waals surface area (Å²) in [6.07, 6.45) is 3.01. The lowest BCUT2D eigenvalue weighted by atomic mass is 9.93. The molecular formula is C31H28BrClN2O5S. The molecule has 1 aliphatic rings. The summed E-state index contributed by atoms with van der Waals surface area (Å²) in [5, 5.41) is 0.611. The van der Waals surface area contributed by atoms with E-state index < -0.39 is 12.0 Å². The molecule has 0 spiro atoms. The number of benzene rings is 2. The van der Waals surface area contributed by atoms with E-state index in [1.807, 2.05) is 56.3 Å². The van der Waals surface area contributed by atoms with Gasteiger partial charge in [-0.15, -0.1) is 0 Å². The van der Waals surface area contributed by atoms with Crippen molar-refractivity contribution in [2.24, 2.45) is 4.99 Å². The Morgan fingerprint density at radius 2 is 2.00 bits per heavy atom. The molecule has 10 heteroatoms. The number of furan rings is 1. The van der Waals surface area contributed by atoms with Gasteiger partial charge in [-0.1, -0.05) is 58.3 Å². The topological polar surface area (TPSA) is 83.0 Å². The van der Waals surface area contributed by atoms with Gasteiger partial charge in [-0.2, -0.15) is 0 Å². The molecule has 0 radical (unpaired) electrons. The van der Waals surface area contributed by atoms with Gasteiger partial charge >= 0.3 is 5.97 Å². The van der Waals surface area contributed by atoms with Crippen molar-refractivity contribution in [3.63, 3.8) is 0 Å². The number of methoxy groups -OCH3 is 1. The lowest BCUT2D eigenvalue weighted by Crippen LogP contribution is -2.40. The van der Waals surface area contributed by atoms with Crippen LogP contribution in [0, 0.1) is 6.92 Å². The molecule has 0 saturated heterocycles. The Balaban J connectivity index is 1.72. The number of carbonyl (C=O) groups is 1. The van der Waals surface area contributed by atoms with Gasteiger partial charge in [-0.25, -0.2) is 9.79 Å². The van der Waals surface area contributed by atoms with Crippen LogP contribution in [-0.2, 0) is 9.53 Å². The van der Waals surface area contributed by atoms with Gasteiger partial charge in [0.1, 0.15) is 23.3 Å².